The SMILES string of the molecule is CCC(C)N(C)C(=O)NC(CCSC)C(=O)O. The van der Waals surface area contributed by atoms with E-state index in [1.807, 2.05) is 20.1 Å². The first-order valence-corrected chi connectivity index (χ1v) is 7.08. The average molecular weight is 262 g/mol. The fourth-order valence-electron chi connectivity index (χ4n) is 1.22. The first-order valence-electron chi connectivity index (χ1n) is 5.69. The summed E-state index contributed by atoms with van der Waals surface area (Å²) in [6, 6.07) is -1.03. The third-order valence-corrected chi connectivity index (χ3v) is 3.42. The van der Waals surface area contributed by atoms with Crippen molar-refractivity contribution in [2.24, 2.45) is 0 Å². The van der Waals surface area contributed by atoms with Crippen molar-refractivity contribution in [2.45, 2.75) is 38.8 Å². The number of hydrogen-bond donors (Lipinski definition) is 2. The summed E-state index contributed by atoms with van der Waals surface area (Å²) in [6.45, 7) is 3.91. The van der Waals surface area contributed by atoms with E-state index >= 15 is 0 Å². The Kier molecular flexibility index (Phi) is 7.78. The van der Waals surface area contributed by atoms with Gasteiger partial charge in [-0.25, -0.2) is 9.59 Å². The van der Waals surface area contributed by atoms with Crippen molar-refractivity contribution >= 4 is 23.8 Å². The van der Waals surface area contributed by atoms with Crippen molar-refractivity contribution in [2.75, 3.05) is 19.1 Å². The lowest BCUT2D eigenvalue weighted by Crippen LogP contribution is -2.49. The smallest absolute Gasteiger partial charge is 0.326 e. The third kappa shape index (κ3) is 5.81. The van der Waals surface area contributed by atoms with Crippen molar-refractivity contribution in [3.63, 3.8) is 0 Å². The summed E-state index contributed by atoms with van der Waals surface area (Å²) in [6.07, 6.45) is 3.19. The van der Waals surface area contributed by atoms with E-state index in [1.165, 1.54) is 4.90 Å². The molecule has 0 saturated heterocycles. The van der Waals surface area contributed by atoms with Gasteiger partial charge in [0.15, 0.2) is 0 Å². The number of amides is 2. The maximum absolute atomic E-state index is 11.8. The number of carboxylic acids is 1. The molecule has 0 fully saturated rings. The number of aliphatic carboxylic acids is 1. The van der Waals surface area contributed by atoms with Gasteiger partial charge in [0.2, 0.25) is 0 Å². The molecule has 2 N–H and O–H groups in total. The minimum atomic E-state index is -0.982. The Morgan fingerprint density at radius 2 is 2.06 bits per heavy atom. The molecule has 2 unspecified atom stereocenters. The zero-order valence-corrected chi connectivity index (χ0v) is 11.7. The molecular weight excluding hydrogens is 240 g/mol. The number of thioether (sulfide) groups is 1. The van der Waals surface area contributed by atoms with Crippen LogP contribution >= 0.6 is 11.8 Å². The Morgan fingerprint density at radius 1 is 1.47 bits per heavy atom. The van der Waals surface area contributed by atoms with Gasteiger partial charge in [0.25, 0.3) is 0 Å². The summed E-state index contributed by atoms with van der Waals surface area (Å²) in [5, 5.41) is 11.5. The van der Waals surface area contributed by atoms with E-state index in [4.69, 9.17) is 5.11 Å². The molecule has 5 nitrogen and oxygen atoms in total. The molecule has 2 atom stereocenters. The molecule has 0 aromatic heterocycles. The number of carboxylic acid groups (broad SMARTS) is 1. The predicted octanol–water partition coefficient (Wildman–Crippen LogP) is 1.63. The molecule has 0 saturated carbocycles. The summed E-state index contributed by atoms with van der Waals surface area (Å²) in [5.41, 5.74) is 0. The molecule has 0 spiro atoms. The Hall–Kier alpha value is -0.910. The van der Waals surface area contributed by atoms with Crippen LogP contribution in [0.25, 0.3) is 0 Å². The Balaban J connectivity index is 4.34. The number of nitrogens with one attached hydrogen (secondary N) is 1. The third-order valence-electron chi connectivity index (χ3n) is 2.78. The highest BCUT2D eigenvalue weighted by atomic mass is 32.2. The summed E-state index contributed by atoms with van der Waals surface area (Å²) in [5.74, 6) is -0.269. The number of urea groups is 1. The van der Waals surface area contributed by atoms with E-state index in [1.54, 1.807) is 18.8 Å². The van der Waals surface area contributed by atoms with Gasteiger partial charge < -0.3 is 15.3 Å². The summed E-state index contributed by atoms with van der Waals surface area (Å²) >= 11 is 1.57. The van der Waals surface area contributed by atoms with Crippen LogP contribution in [-0.2, 0) is 4.79 Å². The van der Waals surface area contributed by atoms with E-state index in [2.05, 4.69) is 5.32 Å². The molecular formula is C11H22N2O3S. The maximum Gasteiger partial charge on any atom is 0.326 e. The van der Waals surface area contributed by atoms with Gasteiger partial charge >= 0.3 is 12.0 Å². The van der Waals surface area contributed by atoms with Crippen LogP contribution in [0.5, 0.6) is 0 Å². The molecule has 6 heteroatoms. The van der Waals surface area contributed by atoms with Gasteiger partial charge in [-0.3, -0.25) is 0 Å². The number of hydrogen-bond acceptors (Lipinski definition) is 3. The second-order valence-corrected chi connectivity index (χ2v) is 4.98. The van der Waals surface area contributed by atoms with Crippen LogP contribution in [0.1, 0.15) is 26.7 Å². The van der Waals surface area contributed by atoms with Gasteiger partial charge in [-0.2, -0.15) is 11.8 Å². The first-order chi connectivity index (χ1) is 7.93. The van der Waals surface area contributed by atoms with Crippen molar-refractivity contribution in [1.29, 1.82) is 0 Å². The van der Waals surface area contributed by atoms with Crippen LogP contribution in [0, 0.1) is 0 Å². The normalized spacial score (nSPS) is 13.9. The minimum absolute atomic E-state index is 0.102. The summed E-state index contributed by atoms with van der Waals surface area (Å²) in [7, 11) is 1.68. The van der Waals surface area contributed by atoms with E-state index in [-0.39, 0.29) is 12.1 Å². The molecule has 0 heterocycles. The van der Waals surface area contributed by atoms with Gasteiger partial charge in [0, 0.05) is 13.1 Å². The van der Waals surface area contributed by atoms with Crippen molar-refractivity contribution in [3.8, 4) is 0 Å². The highest BCUT2D eigenvalue weighted by Crippen LogP contribution is 2.04. The lowest BCUT2D eigenvalue weighted by molar-refractivity contribution is -0.139. The monoisotopic (exact) mass is 262 g/mol. The maximum atomic E-state index is 11.8. The Bertz CT molecular complexity index is 261. The van der Waals surface area contributed by atoms with E-state index in [0.717, 1.165) is 6.42 Å². The Morgan fingerprint density at radius 3 is 2.47 bits per heavy atom. The molecule has 100 valence electrons. The van der Waals surface area contributed by atoms with Gasteiger partial charge in [-0.1, -0.05) is 6.92 Å². The fraction of sp³-hybridized carbons (Fsp3) is 0.818. The number of nitrogens with zero attached hydrogens (tertiary/aromatic N) is 1. The number of carbonyl (C=O) groups is 2. The molecule has 0 aromatic carbocycles. The zero-order valence-electron chi connectivity index (χ0n) is 10.9. The predicted molar refractivity (Wildman–Crippen MR) is 70.5 cm³/mol. The first kappa shape index (κ1) is 16.1. The fourth-order valence-corrected chi connectivity index (χ4v) is 1.69. The highest BCUT2D eigenvalue weighted by Gasteiger charge is 2.22. The standard InChI is InChI=1S/C11H22N2O3S/c1-5-8(2)13(3)11(16)12-9(10(14)15)6-7-17-4/h8-9H,5-7H2,1-4H3,(H,12,16)(H,14,15). The van der Waals surface area contributed by atoms with Crippen LogP contribution in [-0.4, -0.2) is 53.1 Å². The molecule has 2 amide bonds. The van der Waals surface area contributed by atoms with Crippen LogP contribution in [0.2, 0.25) is 0 Å². The Labute approximate surface area is 107 Å². The van der Waals surface area contributed by atoms with Crippen LogP contribution in [0.3, 0.4) is 0 Å². The molecule has 17 heavy (non-hydrogen) atoms. The molecule has 0 bridgehead atoms. The molecule has 0 aliphatic heterocycles. The van der Waals surface area contributed by atoms with Crippen molar-refractivity contribution < 1.29 is 14.7 Å². The van der Waals surface area contributed by atoms with Crippen LogP contribution in [0.15, 0.2) is 0 Å². The highest BCUT2D eigenvalue weighted by molar-refractivity contribution is 7.98. The summed E-state index contributed by atoms with van der Waals surface area (Å²) < 4.78 is 0. The number of carbonyl (C=O) groups excluding carboxylic acids is 1. The van der Waals surface area contributed by atoms with Gasteiger partial charge in [0.1, 0.15) is 6.04 Å². The van der Waals surface area contributed by atoms with Crippen LogP contribution < -0.4 is 5.32 Å². The zero-order chi connectivity index (χ0) is 13.4. The molecule has 0 radical (unpaired) electrons. The minimum Gasteiger partial charge on any atom is -0.480 e. The van der Waals surface area contributed by atoms with Gasteiger partial charge in [-0.15, -0.1) is 0 Å². The largest absolute Gasteiger partial charge is 0.480 e. The van der Waals surface area contributed by atoms with Gasteiger partial charge in [0.05, 0.1) is 0 Å². The van der Waals surface area contributed by atoms with E-state index in [9.17, 15) is 9.59 Å². The summed E-state index contributed by atoms with van der Waals surface area (Å²) in [4.78, 5) is 24.3. The van der Waals surface area contributed by atoms with Crippen molar-refractivity contribution in [1.82, 2.24) is 10.2 Å². The second-order valence-electron chi connectivity index (χ2n) is 3.99. The topological polar surface area (TPSA) is 69.6 Å². The molecule has 0 aromatic rings. The molecule has 0 aliphatic carbocycles. The molecule has 0 aliphatic rings. The number of rotatable bonds is 7. The average Bonchev–Trinajstić information content (AvgIpc) is 2.31. The van der Waals surface area contributed by atoms with Crippen LogP contribution in [0.4, 0.5) is 4.79 Å². The lowest BCUT2D eigenvalue weighted by Gasteiger charge is -2.26. The lowest BCUT2D eigenvalue weighted by atomic mass is 10.2. The van der Waals surface area contributed by atoms with E-state index in [0.29, 0.717) is 12.2 Å². The van der Waals surface area contributed by atoms with E-state index < -0.39 is 12.0 Å². The quantitative estimate of drug-likeness (QED) is 0.731. The van der Waals surface area contributed by atoms with Crippen molar-refractivity contribution in [3.05, 3.63) is 0 Å². The second kappa shape index (κ2) is 8.22. The molecule has 0 rings (SSSR count). The van der Waals surface area contributed by atoms with Gasteiger partial charge in [-0.05, 0) is 31.8 Å².